The van der Waals surface area contributed by atoms with Gasteiger partial charge in [-0.25, -0.2) is 4.99 Å². The van der Waals surface area contributed by atoms with Crippen LogP contribution in [0.15, 0.2) is 41.4 Å². The Morgan fingerprint density at radius 1 is 1.04 bits per heavy atom. The zero-order valence-electron chi connectivity index (χ0n) is 14.9. The van der Waals surface area contributed by atoms with Crippen molar-refractivity contribution in [2.45, 2.75) is 45.7 Å². The number of ketones is 1. The number of rotatable bonds is 3. The minimum absolute atomic E-state index is 0.252. The van der Waals surface area contributed by atoms with Crippen LogP contribution in [0.25, 0.3) is 0 Å². The van der Waals surface area contributed by atoms with Crippen LogP contribution in [0, 0.1) is 20.8 Å². The number of nitrogens with zero attached hydrogens (tertiary/aromatic N) is 1. The number of fused-ring (bicyclic) bond motifs is 1. The molecule has 136 valence electrons. The lowest BCUT2D eigenvalue weighted by molar-refractivity contribution is -0.137. The fourth-order valence-corrected chi connectivity index (χ4v) is 3.59. The first kappa shape index (κ1) is 18.4. The molecule has 0 bridgehead atoms. The van der Waals surface area contributed by atoms with Gasteiger partial charge in [-0.2, -0.15) is 13.2 Å². The third-order valence-electron chi connectivity index (χ3n) is 4.64. The van der Waals surface area contributed by atoms with Gasteiger partial charge in [0.25, 0.3) is 0 Å². The number of halogens is 3. The molecule has 0 N–H and O–H groups in total. The SMILES string of the molecule is Cc1cc(C)cc(C2=Nc3cccc(C)c3C(CCC(F)(F)F)C2=O)c1. The summed E-state index contributed by atoms with van der Waals surface area (Å²) in [5.41, 5.74) is 4.89. The van der Waals surface area contributed by atoms with Crippen LogP contribution in [0.4, 0.5) is 18.9 Å². The summed E-state index contributed by atoms with van der Waals surface area (Å²) in [6, 6.07) is 11.1. The Morgan fingerprint density at radius 3 is 2.31 bits per heavy atom. The van der Waals surface area contributed by atoms with E-state index < -0.39 is 18.5 Å². The molecule has 0 radical (unpaired) electrons. The van der Waals surface area contributed by atoms with E-state index in [1.807, 2.05) is 51.1 Å². The predicted octanol–water partition coefficient (Wildman–Crippen LogP) is 5.74. The van der Waals surface area contributed by atoms with Gasteiger partial charge in [0, 0.05) is 12.0 Å². The monoisotopic (exact) mass is 359 g/mol. The number of carbonyl (C=O) groups is 1. The molecule has 5 heteroatoms. The van der Waals surface area contributed by atoms with Crippen LogP contribution in [0.2, 0.25) is 0 Å². The van der Waals surface area contributed by atoms with Gasteiger partial charge in [-0.05, 0) is 56.5 Å². The molecular formula is C21H20F3NO. The lowest BCUT2D eigenvalue weighted by atomic mass is 9.81. The molecule has 2 nitrogen and oxygen atoms in total. The van der Waals surface area contributed by atoms with Gasteiger partial charge in [-0.3, -0.25) is 4.79 Å². The second-order valence-corrected chi connectivity index (χ2v) is 6.92. The van der Waals surface area contributed by atoms with E-state index in [0.717, 1.165) is 16.7 Å². The van der Waals surface area contributed by atoms with E-state index in [4.69, 9.17) is 0 Å². The predicted molar refractivity (Wildman–Crippen MR) is 96.3 cm³/mol. The lowest BCUT2D eigenvalue weighted by Crippen LogP contribution is -2.28. The van der Waals surface area contributed by atoms with E-state index in [1.54, 1.807) is 6.07 Å². The Balaban J connectivity index is 2.11. The topological polar surface area (TPSA) is 29.4 Å². The van der Waals surface area contributed by atoms with Gasteiger partial charge in [-0.1, -0.05) is 29.3 Å². The molecule has 1 aliphatic heterocycles. The lowest BCUT2D eigenvalue weighted by Gasteiger charge is -2.26. The number of hydrogen-bond acceptors (Lipinski definition) is 2. The van der Waals surface area contributed by atoms with Crippen molar-refractivity contribution in [1.29, 1.82) is 0 Å². The summed E-state index contributed by atoms with van der Waals surface area (Å²) in [7, 11) is 0. The van der Waals surface area contributed by atoms with Gasteiger partial charge in [0.1, 0.15) is 5.71 Å². The number of aryl methyl sites for hydroxylation is 3. The van der Waals surface area contributed by atoms with Crippen molar-refractivity contribution in [2.24, 2.45) is 4.99 Å². The van der Waals surface area contributed by atoms with E-state index >= 15 is 0 Å². The molecular weight excluding hydrogens is 339 g/mol. The second kappa shape index (κ2) is 6.71. The van der Waals surface area contributed by atoms with Gasteiger partial charge >= 0.3 is 6.18 Å². The average Bonchev–Trinajstić information content (AvgIpc) is 2.52. The molecule has 1 aliphatic rings. The highest BCUT2D eigenvalue weighted by molar-refractivity contribution is 6.49. The summed E-state index contributed by atoms with van der Waals surface area (Å²) in [4.78, 5) is 17.6. The van der Waals surface area contributed by atoms with Crippen LogP contribution in [0.3, 0.4) is 0 Å². The van der Waals surface area contributed by atoms with E-state index in [1.165, 1.54) is 0 Å². The van der Waals surface area contributed by atoms with E-state index in [0.29, 0.717) is 16.8 Å². The molecule has 0 aliphatic carbocycles. The molecule has 1 unspecified atom stereocenters. The normalized spacial score (nSPS) is 17.1. The van der Waals surface area contributed by atoms with E-state index in [2.05, 4.69) is 4.99 Å². The molecule has 0 aromatic heterocycles. The Bertz CT molecular complexity index is 876. The minimum atomic E-state index is -4.29. The van der Waals surface area contributed by atoms with E-state index in [9.17, 15) is 18.0 Å². The van der Waals surface area contributed by atoms with Crippen LogP contribution in [0.5, 0.6) is 0 Å². The summed E-state index contributed by atoms with van der Waals surface area (Å²) in [6.07, 6.45) is -5.54. The standard InChI is InChI=1S/C21H20F3NO/c1-12-9-13(2)11-15(10-12)19-20(26)16(7-8-21(22,23)24)18-14(3)5-4-6-17(18)25-19/h4-6,9-11,16H,7-8H2,1-3H3. The summed E-state index contributed by atoms with van der Waals surface area (Å²) >= 11 is 0. The maximum Gasteiger partial charge on any atom is 0.389 e. The summed E-state index contributed by atoms with van der Waals surface area (Å²) in [5.74, 6) is -1.15. The number of carbonyl (C=O) groups excluding carboxylic acids is 1. The van der Waals surface area contributed by atoms with Crippen molar-refractivity contribution < 1.29 is 18.0 Å². The van der Waals surface area contributed by atoms with Gasteiger partial charge in [-0.15, -0.1) is 0 Å². The van der Waals surface area contributed by atoms with Crippen molar-refractivity contribution in [3.63, 3.8) is 0 Å². The third kappa shape index (κ3) is 3.71. The first-order chi connectivity index (χ1) is 12.2. The van der Waals surface area contributed by atoms with Gasteiger partial charge < -0.3 is 0 Å². The quantitative estimate of drug-likeness (QED) is 0.687. The Hall–Kier alpha value is -2.43. The molecule has 0 fully saturated rings. The average molecular weight is 359 g/mol. The summed E-state index contributed by atoms with van der Waals surface area (Å²) in [6.45, 7) is 5.65. The van der Waals surface area contributed by atoms with Crippen LogP contribution in [0.1, 0.15) is 46.6 Å². The van der Waals surface area contributed by atoms with Gasteiger partial charge in [0.15, 0.2) is 5.78 Å². The number of benzene rings is 2. The molecule has 2 aromatic carbocycles. The minimum Gasteiger partial charge on any atom is -0.292 e. The first-order valence-electron chi connectivity index (χ1n) is 8.53. The molecule has 0 saturated heterocycles. The van der Waals surface area contributed by atoms with Crippen molar-refractivity contribution in [3.8, 4) is 0 Å². The number of hydrogen-bond donors (Lipinski definition) is 0. The molecule has 0 spiro atoms. The number of alkyl halides is 3. The third-order valence-corrected chi connectivity index (χ3v) is 4.64. The zero-order chi connectivity index (χ0) is 19.1. The van der Waals surface area contributed by atoms with Crippen LogP contribution in [-0.2, 0) is 4.79 Å². The highest BCUT2D eigenvalue weighted by Gasteiger charge is 2.36. The fraction of sp³-hybridized carbons (Fsp3) is 0.333. The van der Waals surface area contributed by atoms with E-state index in [-0.39, 0.29) is 17.9 Å². The van der Waals surface area contributed by atoms with Crippen molar-refractivity contribution in [3.05, 3.63) is 64.2 Å². The highest BCUT2D eigenvalue weighted by atomic mass is 19.4. The molecule has 1 atom stereocenters. The molecule has 0 saturated carbocycles. The molecule has 26 heavy (non-hydrogen) atoms. The van der Waals surface area contributed by atoms with Crippen molar-refractivity contribution >= 4 is 17.2 Å². The van der Waals surface area contributed by atoms with Crippen LogP contribution < -0.4 is 0 Å². The molecule has 2 aromatic rings. The van der Waals surface area contributed by atoms with Gasteiger partial charge in [0.2, 0.25) is 0 Å². The highest BCUT2D eigenvalue weighted by Crippen LogP contribution is 2.40. The fourth-order valence-electron chi connectivity index (χ4n) is 3.59. The summed E-state index contributed by atoms with van der Waals surface area (Å²) < 4.78 is 38.4. The Kier molecular flexibility index (Phi) is 4.74. The maximum absolute atomic E-state index is 13.1. The van der Waals surface area contributed by atoms with Crippen molar-refractivity contribution in [1.82, 2.24) is 0 Å². The summed E-state index contributed by atoms with van der Waals surface area (Å²) in [5, 5.41) is 0. The number of Topliss-reactive ketones (excluding diaryl/α,β-unsaturated/α-hetero) is 1. The molecule has 1 heterocycles. The van der Waals surface area contributed by atoms with Crippen LogP contribution >= 0.6 is 0 Å². The zero-order valence-corrected chi connectivity index (χ0v) is 14.9. The smallest absolute Gasteiger partial charge is 0.292 e. The molecule has 3 rings (SSSR count). The Morgan fingerprint density at radius 2 is 1.69 bits per heavy atom. The van der Waals surface area contributed by atoms with Crippen LogP contribution in [-0.4, -0.2) is 17.7 Å². The first-order valence-corrected chi connectivity index (χ1v) is 8.53. The Labute approximate surface area is 150 Å². The number of aliphatic imine (C=N–C) groups is 1. The van der Waals surface area contributed by atoms with Crippen molar-refractivity contribution in [2.75, 3.05) is 0 Å². The maximum atomic E-state index is 13.1. The largest absolute Gasteiger partial charge is 0.389 e. The van der Waals surface area contributed by atoms with Gasteiger partial charge in [0.05, 0.1) is 11.6 Å². The molecule has 0 amide bonds. The second-order valence-electron chi connectivity index (χ2n) is 6.92.